The van der Waals surface area contributed by atoms with Crippen LogP contribution in [0.5, 0.6) is 0 Å². The van der Waals surface area contributed by atoms with E-state index in [1.165, 1.54) is 0 Å². The van der Waals surface area contributed by atoms with Gasteiger partial charge in [0.15, 0.2) is 11.6 Å². The van der Waals surface area contributed by atoms with Gasteiger partial charge in [0.1, 0.15) is 5.76 Å². The van der Waals surface area contributed by atoms with Crippen LogP contribution in [0.4, 0.5) is 0 Å². The Balaban J connectivity index is 1.93. The number of rotatable bonds is 3. The molecule has 120 valence electrons. The third kappa shape index (κ3) is 2.70. The van der Waals surface area contributed by atoms with Crippen molar-refractivity contribution in [2.75, 3.05) is 0 Å². The largest absolute Gasteiger partial charge is 0.458 e. The van der Waals surface area contributed by atoms with Gasteiger partial charge in [0.25, 0.3) is 0 Å². The van der Waals surface area contributed by atoms with Gasteiger partial charge in [-0.15, -0.1) is 0 Å². The van der Waals surface area contributed by atoms with E-state index in [9.17, 15) is 0 Å². The third-order valence-corrected chi connectivity index (χ3v) is 4.56. The Labute approximate surface area is 149 Å². The Morgan fingerprint density at radius 2 is 1.88 bits per heavy atom. The molecular weight excluding hydrogens is 343 g/mol. The zero-order valence-corrected chi connectivity index (χ0v) is 14.5. The highest BCUT2D eigenvalue weighted by Crippen LogP contribution is 2.30. The van der Waals surface area contributed by atoms with E-state index >= 15 is 0 Å². The highest BCUT2D eigenvalue weighted by molar-refractivity contribution is 6.31. The van der Waals surface area contributed by atoms with Gasteiger partial charge in [-0.1, -0.05) is 41.4 Å². The number of benzene rings is 2. The first-order valence-corrected chi connectivity index (χ1v) is 8.33. The summed E-state index contributed by atoms with van der Waals surface area (Å²) in [5, 5.41) is 1.40. The van der Waals surface area contributed by atoms with Gasteiger partial charge < -0.3 is 8.98 Å². The van der Waals surface area contributed by atoms with Gasteiger partial charge in [0, 0.05) is 10.0 Å². The normalized spacial score (nSPS) is 11.3. The quantitative estimate of drug-likeness (QED) is 0.453. The molecule has 0 aliphatic rings. The zero-order chi connectivity index (χ0) is 16.7. The van der Waals surface area contributed by atoms with E-state index in [4.69, 9.17) is 32.6 Å². The maximum absolute atomic E-state index is 6.34. The van der Waals surface area contributed by atoms with Crippen molar-refractivity contribution in [2.45, 2.75) is 13.5 Å². The summed E-state index contributed by atoms with van der Waals surface area (Å²) in [7, 11) is 0. The summed E-state index contributed by atoms with van der Waals surface area (Å²) in [6.45, 7) is 2.51. The van der Waals surface area contributed by atoms with Crippen molar-refractivity contribution < 1.29 is 4.42 Å². The number of halogens is 2. The molecule has 0 spiro atoms. The number of imidazole rings is 1. The lowest BCUT2D eigenvalue weighted by Crippen LogP contribution is -2.02. The average Bonchev–Trinajstić information content (AvgIpc) is 3.14. The van der Waals surface area contributed by atoms with E-state index in [-0.39, 0.29) is 0 Å². The molecule has 2 aromatic heterocycles. The number of hydrogen-bond donors (Lipinski definition) is 0. The van der Waals surface area contributed by atoms with Gasteiger partial charge in [-0.05, 0) is 48.9 Å². The fraction of sp³-hybridized carbons (Fsp3) is 0.105. The smallest absolute Gasteiger partial charge is 0.177 e. The SMILES string of the molecule is Cc1ccc(-c2nc3ccc(Cl)cc3n2Cc2ccccc2Cl)o1. The monoisotopic (exact) mass is 356 g/mol. The molecule has 0 saturated heterocycles. The van der Waals surface area contributed by atoms with Crippen LogP contribution in [0, 0.1) is 6.92 Å². The van der Waals surface area contributed by atoms with Gasteiger partial charge in [0.2, 0.25) is 0 Å². The van der Waals surface area contributed by atoms with Crippen molar-refractivity contribution in [3.8, 4) is 11.6 Å². The van der Waals surface area contributed by atoms with Gasteiger partial charge in [-0.2, -0.15) is 0 Å². The highest BCUT2D eigenvalue weighted by Gasteiger charge is 2.16. The molecule has 4 aromatic rings. The van der Waals surface area contributed by atoms with E-state index < -0.39 is 0 Å². The Kier molecular flexibility index (Phi) is 3.83. The minimum absolute atomic E-state index is 0.589. The Morgan fingerprint density at radius 3 is 2.62 bits per heavy atom. The predicted octanol–water partition coefficient (Wildman–Crippen LogP) is 5.96. The third-order valence-electron chi connectivity index (χ3n) is 3.96. The van der Waals surface area contributed by atoms with Crippen LogP contribution >= 0.6 is 23.2 Å². The highest BCUT2D eigenvalue weighted by atomic mass is 35.5. The summed E-state index contributed by atoms with van der Waals surface area (Å²) in [6, 6.07) is 17.3. The molecule has 2 heterocycles. The standard InChI is InChI=1S/C19H14Cl2N2O/c1-12-6-9-18(24-12)19-22-16-8-7-14(20)10-17(16)23(19)11-13-4-2-3-5-15(13)21/h2-10H,11H2,1H3. The summed E-state index contributed by atoms with van der Waals surface area (Å²) >= 11 is 12.5. The van der Waals surface area contributed by atoms with Crippen LogP contribution in [-0.2, 0) is 6.54 Å². The molecule has 0 bridgehead atoms. The molecule has 2 aromatic carbocycles. The molecule has 0 saturated carbocycles. The first kappa shape index (κ1) is 15.3. The van der Waals surface area contributed by atoms with E-state index in [2.05, 4.69) is 4.57 Å². The van der Waals surface area contributed by atoms with Gasteiger partial charge in [-0.3, -0.25) is 0 Å². The number of aromatic nitrogens is 2. The Hall–Kier alpha value is -2.23. The van der Waals surface area contributed by atoms with E-state index in [1.807, 2.05) is 61.5 Å². The van der Waals surface area contributed by atoms with Crippen LogP contribution in [0.1, 0.15) is 11.3 Å². The van der Waals surface area contributed by atoms with Gasteiger partial charge >= 0.3 is 0 Å². The second-order valence-electron chi connectivity index (χ2n) is 5.66. The van der Waals surface area contributed by atoms with Crippen LogP contribution in [0.3, 0.4) is 0 Å². The lowest BCUT2D eigenvalue weighted by Gasteiger charge is -2.10. The molecule has 0 aliphatic heterocycles. The lowest BCUT2D eigenvalue weighted by atomic mass is 10.2. The molecule has 5 heteroatoms. The maximum Gasteiger partial charge on any atom is 0.177 e. The molecule has 3 nitrogen and oxygen atoms in total. The molecule has 0 atom stereocenters. The molecular formula is C19H14Cl2N2O. The lowest BCUT2D eigenvalue weighted by molar-refractivity contribution is 0.540. The topological polar surface area (TPSA) is 31.0 Å². The van der Waals surface area contributed by atoms with Crippen molar-refractivity contribution in [1.29, 1.82) is 0 Å². The molecule has 0 radical (unpaired) electrons. The summed E-state index contributed by atoms with van der Waals surface area (Å²) in [4.78, 5) is 4.73. The second kappa shape index (κ2) is 6.00. The summed E-state index contributed by atoms with van der Waals surface area (Å²) in [6.07, 6.45) is 0. The molecule has 0 N–H and O–H groups in total. The molecule has 4 rings (SSSR count). The summed E-state index contributed by atoms with van der Waals surface area (Å²) in [5.41, 5.74) is 2.84. The maximum atomic E-state index is 6.34. The van der Waals surface area contributed by atoms with Crippen molar-refractivity contribution in [1.82, 2.24) is 9.55 Å². The fourth-order valence-electron chi connectivity index (χ4n) is 2.80. The van der Waals surface area contributed by atoms with E-state index in [0.717, 1.165) is 39.0 Å². The van der Waals surface area contributed by atoms with Crippen LogP contribution < -0.4 is 0 Å². The van der Waals surface area contributed by atoms with Crippen molar-refractivity contribution in [3.05, 3.63) is 76.0 Å². The first-order chi connectivity index (χ1) is 11.6. The van der Waals surface area contributed by atoms with E-state index in [1.54, 1.807) is 0 Å². The molecule has 0 amide bonds. The van der Waals surface area contributed by atoms with Crippen LogP contribution in [0.25, 0.3) is 22.6 Å². The number of nitrogens with zero attached hydrogens (tertiary/aromatic N) is 2. The first-order valence-electron chi connectivity index (χ1n) is 7.58. The summed E-state index contributed by atoms with van der Waals surface area (Å²) in [5.74, 6) is 2.34. The number of fused-ring (bicyclic) bond motifs is 1. The number of aryl methyl sites for hydroxylation is 1. The fourth-order valence-corrected chi connectivity index (χ4v) is 3.16. The van der Waals surface area contributed by atoms with Crippen LogP contribution in [0.2, 0.25) is 10.0 Å². The number of furan rings is 1. The minimum atomic E-state index is 0.589. The predicted molar refractivity (Wildman–Crippen MR) is 97.7 cm³/mol. The minimum Gasteiger partial charge on any atom is -0.458 e. The molecule has 0 fully saturated rings. The van der Waals surface area contributed by atoms with Crippen molar-refractivity contribution in [3.63, 3.8) is 0 Å². The second-order valence-corrected chi connectivity index (χ2v) is 6.50. The average molecular weight is 357 g/mol. The summed E-state index contributed by atoms with van der Waals surface area (Å²) < 4.78 is 7.87. The molecule has 0 unspecified atom stereocenters. The Morgan fingerprint density at radius 1 is 1.04 bits per heavy atom. The molecule has 0 aliphatic carbocycles. The van der Waals surface area contributed by atoms with Crippen molar-refractivity contribution >= 4 is 34.2 Å². The number of hydrogen-bond acceptors (Lipinski definition) is 2. The van der Waals surface area contributed by atoms with Gasteiger partial charge in [-0.25, -0.2) is 4.98 Å². The van der Waals surface area contributed by atoms with Crippen LogP contribution in [0.15, 0.2) is 59.0 Å². The van der Waals surface area contributed by atoms with Gasteiger partial charge in [0.05, 0.1) is 17.6 Å². The van der Waals surface area contributed by atoms with Crippen LogP contribution in [-0.4, -0.2) is 9.55 Å². The molecule has 24 heavy (non-hydrogen) atoms. The Bertz CT molecular complexity index is 1030. The van der Waals surface area contributed by atoms with Crippen molar-refractivity contribution in [2.24, 2.45) is 0 Å². The zero-order valence-electron chi connectivity index (χ0n) is 13.0. The van der Waals surface area contributed by atoms with E-state index in [0.29, 0.717) is 11.6 Å².